The van der Waals surface area contributed by atoms with Gasteiger partial charge in [0.15, 0.2) is 5.78 Å². The van der Waals surface area contributed by atoms with E-state index >= 15 is 0 Å². The Balaban J connectivity index is 2.16. The van der Waals surface area contributed by atoms with Gasteiger partial charge in [-0.1, -0.05) is 0 Å². The van der Waals surface area contributed by atoms with Crippen molar-refractivity contribution in [3.63, 3.8) is 0 Å². The number of carbonyl (C=O) groups excluding carboxylic acids is 1. The van der Waals surface area contributed by atoms with Crippen LogP contribution in [0.1, 0.15) is 36.0 Å². The Hall–Kier alpha value is -0.870. The monoisotopic (exact) mass is 310 g/mol. The molecule has 0 radical (unpaired) electrons. The fraction of sp³-hybridized carbons (Fsp3) is 0.500. The van der Waals surface area contributed by atoms with Crippen molar-refractivity contribution in [2.24, 2.45) is 5.73 Å². The Labute approximate surface area is 116 Å². The van der Waals surface area contributed by atoms with E-state index in [0.29, 0.717) is 13.0 Å². The minimum atomic E-state index is 0.114. The number of Topliss-reactive ketones (excluding diaryl/α,β-unsaturated/α-hetero) is 1. The average Bonchev–Trinajstić information content (AvgIpc) is 2.40. The van der Waals surface area contributed by atoms with Crippen molar-refractivity contribution in [3.05, 3.63) is 28.2 Å². The standard InChI is InChI=1S/C14H19BrN2O/c15-12-10-11(14(18)6-7-16)4-5-13(12)17-8-2-1-3-9-17/h4-5,10H,1-3,6-9,16H2. The summed E-state index contributed by atoms with van der Waals surface area (Å²) >= 11 is 3.58. The van der Waals surface area contributed by atoms with Crippen molar-refractivity contribution >= 4 is 27.4 Å². The summed E-state index contributed by atoms with van der Waals surface area (Å²) in [5.41, 5.74) is 7.35. The molecule has 1 saturated heterocycles. The van der Waals surface area contributed by atoms with E-state index in [0.717, 1.165) is 23.1 Å². The molecule has 1 aromatic rings. The third-order valence-corrected chi connectivity index (χ3v) is 3.97. The van der Waals surface area contributed by atoms with Crippen LogP contribution in [0, 0.1) is 0 Å². The Morgan fingerprint density at radius 2 is 2.00 bits per heavy atom. The summed E-state index contributed by atoms with van der Waals surface area (Å²) in [6.45, 7) is 2.62. The number of anilines is 1. The molecule has 0 bridgehead atoms. The van der Waals surface area contributed by atoms with E-state index < -0.39 is 0 Å². The third kappa shape index (κ3) is 3.12. The van der Waals surface area contributed by atoms with Crippen LogP contribution in [0.25, 0.3) is 0 Å². The number of nitrogens with zero attached hydrogens (tertiary/aromatic N) is 1. The second-order valence-electron chi connectivity index (χ2n) is 4.68. The molecular weight excluding hydrogens is 292 g/mol. The van der Waals surface area contributed by atoms with Crippen LogP contribution in [0.4, 0.5) is 5.69 Å². The maximum atomic E-state index is 11.8. The summed E-state index contributed by atoms with van der Waals surface area (Å²) in [6.07, 6.45) is 4.23. The SMILES string of the molecule is NCCC(=O)c1ccc(N2CCCCC2)c(Br)c1. The molecule has 18 heavy (non-hydrogen) atoms. The molecule has 1 aliphatic rings. The predicted molar refractivity (Wildman–Crippen MR) is 78.2 cm³/mol. The molecule has 4 heteroatoms. The van der Waals surface area contributed by atoms with Gasteiger partial charge < -0.3 is 10.6 Å². The molecule has 98 valence electrons. The first-order chi connectivity index (χ1) is 8.72. The van der Waals surface area contributed by atoms with Gasteiger partial charge >= 0.3 is 0 Å². The van der Waals surface area contributed by atoms with Crippen LogP contribution in [0.15, 0.2) is 22.7 Å². The van der Waals surface area contributed by atoms with Gasteiger partial charge in [-0.15, -0.1) is 0 Å². The highest BCUT2D eigenvalue weighted by atomic mass is 79.9. The molecule has 0 spiro atoms. The average molecular weight is 311 g/mol. The van der Waals surface area contributed by atoms with Crippen LogP contribution >= 0.6 is 15.9 Å². The summed E-state index contributed by atoms with van der Waals surface area (Å²) in [5, 5.41) is 0. The molecule has 0 aromatic heterocycles. The van der Waals surface area contributed by atoms with Gasteiger partial charge in [-0.3, -0.25) is 4.79 Å². The van der Waals surface area contributed by atoms with Crippen LogP contribution < -0.4 is 10.6 Å². The summed E-state index contributed by atoms with van der Waals surface area (Å²) in [5.74, 6) is 0.114. The lowest BCUT2D eigenvalue weighted by molar-refractivity contribution is 0.0985. The Bertz CT molecular complexity index is 428. The van der Waals surface area contributed by atoms with Gasteiger partial charge in [-0.2, -0.15) is 0 Å². The zero-order chi connectivity index (χ0) is 13.0. The first-order valence-electron chi connectivity index (χ1n) is 6.50. The number of hydrogen-bond acceptors (Lipinski definition) is 3. The minimum absolute atomic E-state index is 0.114. The van der Waals surface area contributed by atoms with Gasteiger partial charge in [-0.25, -0.2) is 0 Å². The molecule has 1 aliphatic heterocycles. The molecule has 2 rings (SSSR count). The van der Waals surface area contributed by atoms with E-state index in [4.69, 9.17) is 5.73 Å². The molecule has 0 amide bonds. The molecule has 1 aromatic carbocycles. The molecule has 0 saturated carbocycles. The minimum Gasteiger partial charge on any atom is -0.371 e. The number of carbonyl (C=O) groups is 1. The Kier molecular flexibility index (Phi) is 4.78. The van der Waals surface area contributed by atoms with Crippen molar-refractivity contribution < 1.29 is 4.79 Å². The van der Waals surface area contributed by atoms with Crippen molar-refractivity contribution in [2.75, 3.05) is 24.5 Å². The van der Waals surface area contributed by atoms with Crippen LogP contribution in [0.5, 0.6) is 0 Å². The molecule has 2 N–H and O–H groups in total. The van der Waals surface area contributed by atoms with Gasteiger partial charge in [0, 0.05) is 29.5 Å². The lowest BCUT2D eigenvalue weighted by Crippen LogP contribution is -2.29. The predicted octanol–water partition coefficient (Wildman–Crippen LogP) is 2.97. The number of rotatable bonds is 4. The topological polar surface area (TPSA) is 46.3 Å². The molecule has 1 fully saturated rings. The van der Waals surface area contributed by atoms with Crippen LogP contribution in [0.3, 0.4) is 0 Å². The molecular formula is C14H19BrN2O. The second kappa shape index (κ2) is 6.34. The van der Waals surface area contributed by atoms with Crippen molar-refractivity contribution in [1.82, 2.24) is 0 Å². The maximum Gasteiger partial charge on any atom is 0.164 e. The number of halogens is 1. The van der Waals surface area contributed by atoms with Gasteiger partial charge in [0.05, 0.1) is 5.69 Å². The quantitative estimate of drug-likeness (QED) is 0.870. The summed E-state index contributed by atoms with van der Waals surface area (Å²) in [7, 11) is 0. The fourth-order valence-electron chi connectivity index (χ4n) is 2.35. The fourth-order valence-corrected chi connectivity index (χ4v) is 2.98. The van der Waals surface area contributed by atoms with E-state index in [1.165, 1.54) is 24.9 Å². The van der Waals surface area contributed by atoms with E-state index in [1.54, 1.807) is 0 Å². The highest BCUT2D eigenvalue weighted by Gasteiger charge is 2.15. The normalized spacial score (nSPS) is 15.8. The summed E-state index contributed by atoms with van der Waals surface area (Å²) in [6, 6.07) is 5.87. The molecule has 3 nitrogen and oxygen atoms in total. The second-order valence-corrected chi connectivity index (χ2v) is 5.53. The first kappa shape index (κ1) is 13.6. The Morgan fingerprint density at radius 3 is 2.61 bits per heavy atom. The van der Waals surface area contributed by atoms with Crippen LogP contribution in [0.2, 0.25) is 0 Å². The van der Waals surface area contributed by atoms with E-state index in [1.807, 2.05) is 18.2 Å². The third-order valence-electron chi connectivity index (χ3n) is 3.34. The van der Waals surface area contributed by atoms with Crippen molar-refractivity contribution in [2.45, 2.75) is 25.7 Å². The van der Waals surface area contributed by atoms with E-state index in [9.17, 15) is 4.79 Å². The molecule has 1 heterocycles. The number of benzene rings is 1. The van der Waals surface area contributed by atoms with Gasteiger partial charge in [0.1, 0.15) is 0 Å². The number of nitrogens with two attached hydrogens (primary N) is 1. The van der Waals surface area contributed by atoms with Crippen LogP contribution in [-0.2, 0) is 0 Å². The van der Waals surface area contributed by atoms with Crippen LogP contribution in [-0.4, -0.2) is 25.4 Å². The molecule has 0 unspecified atom stereocenters. The van der Waals surface area contributed by atoms with Gasteiger partial charge in [0.25, 0.3) is 0 Å². The number of hydrogen-bond donors (Lipinski definition) is 1. The van der Waals surface area contributed by atoms with Gasteiger partial charge in [0.2, 0.25) is 0 Å². The molecule has 0 aliphatic carbocycles. The van der Waals surface area contributed by atoms with Crippen molar-refractivity contribution in [3.8, 4) is 0 Å². The first-order valence-corrected chi connectivity index (χ1v) is 7.29. The number of piperidine rings is 1. The van der Waals surface area contributed by atoms with Gasteiger partial charge in [-0.05, 0) is 59.9 Å². The highest BCUT2D eigenvalue weighted by Crippen LogP contribution is 2.29. The maximum absolute atomic E-state index is 11.8. The summed E-state index contributed by atoms with van der Waals surface area (Å²) in [4.78, 5) is 14.1. The molecule has 0 atom stereocenters. The lowest BCUT2D eigenvalue weighted by Gasteiger charge is -2.29. The Morgan fingerprint density at radius 1 is 1.28 bits per heavy atom. The smallest absolute Gasteiger partial charge is 0.164 e. The van der Waals surface area contributed by atoms with Crippen molar-refractivity contribution in [1.29, 1.82) is 0 Å². The highest BCUT2D eigenvalue weighted by molar-refractivity contribution is 9.10. The lowest BCUT2D eigenvalue weighted by atomic mass is 10.1. The van der Waals surface area contributed by atoms with E-state index in [-0.39, 0.29) is 5.78 Å². The number of ketones is 1. The zero-order valence-corrected chi connectivity index (χ0v) is 12.1. The zero-order valence-electron chi connectivity index (χ0n) is 10.5. The summed E-state index contributed by atoms with van der Waals surface area (Å²) < 4.78 is 1.01. The van der Waals surface area contributed by atoms with E-state index in [2.05, 4.69) is 20.8 Å². The largest absolute Gasteiger partial charge is 0.371 e.